The van der Waals surface area contributed by atoms with Gasteiger partial charge in [-0.1, -0.05) is 12.1 Å². The van der Waals surface area contributed by atoms with Crippen LogP contribution >= 0.6 is 22.6 Å². The van der Waals surface area contributed by atoms with Crippen molar-refractivity contribution >= 4 is 28.7 Å². The summed E-state index contributed by atoms with van der Waals surface area (Å²) in [5.41, 5.74) is 5.97. The summed E-state index contributed by atoms with van der Waals surface area (Å²) in [4.78, 5) is 10.8. The normalized spacial score (nSPS) is 12.1. The minimum Gasteiger partial charge on any atom is -0.441 e. The molecule has 1 atom stereocenters. The lowest BCUT2D eigenvalue weighted by molar-refractivity contribution is 0.0776. The van der Waals surface area contributed by atoms with Crippen molar-refractivity contribution in [1.82, 2.24) is 0 Å². The van der Waals surface area contributed by atoms with Crippen LogP contribution in [0, 0.1) is 3.57 Å². The number of primary amides is 1. The average Bonchev–Trinajstić information content (AvgIpc) is 2.23. The molecular weight excluding hydrogens is 321 g/mol. The van der Waals surface area contributed by atoms with E-state index in [1.807, 2.05) is 24.3 Å². The predicted molar refractivity (Wildman–Crippen MR) is 69.1 cm³/mol. The summed E-state index contributed by atoms with van der Waals surface area (Å²) in [5.74, 6) is 0. The van der Waals surface area contributed by atoms with E-state index in [0.717, 1.165) is 9.13 Å². The number of hydrogen-bond donors (Lipinski definition) is 1. The molecule has 0 radical (unpaired) electrons. The Morgan fingerprint density at radius 1 is 1.56 bits per heavy atom. The minimum atomic E-state index is -0.764. The van der Waals surface area contributed by atoms with Crippen LogP contribution in [0.5, 0.6) is 0 Å². The largest absolute Gasteiger partial charge is 0.441 e. The molecule has 0 aliphatic heterocycles. The van der Waals surface area contributed by atoms with Crippen LogP contribution in [0.3, 0.4) is 0 Å². The Morgan fingerprint density at radius 3 is 2.88 bits per heavy atom. The van der Waals surface area contributed by atoms with Gasteiger partial charge in [-0.25, -0.2) is 4.79 Å². The molecule has 4 nitrogen and oxygen atoms in total. The summed E-state index contributed by atoms with van der Waals surface area (Å²) in [6.07, 6.45) is -0.508. The van der Waals surface area contributed by atoms with Crippen LogP contribution in [-0.4, -0.2) is 19.8 Å². The number of ether oxygens (including phenoxy) is 2. The SMILES string of the molecule is COCC[C@@H](OC(N)=O)c1cccc(I)c1. The molecule has 0 heterocycles. The smallest absolute Gasteiger partial charge is 0.405 e. The first kappa shape index (κ1) is 13.2. The maximum Gasteiger partial charge on any atom is 0.405 e. The first-order valence-electron chi connectivity index (χ1n) is 4.84. The van der Waals surface area contributed by atoms with E-state index in [4.69, 9.17) is 15.2 Å². The molecule has 1 amide bonds. The highest BCUT2D eigenvalue weighted by molar-refractivity contribution is 14.1. The van der Waals surface area contributed by atoms with Crippen molar-refractivity contribution < 1.29 is 14.3 Å². The van der Waals surface area contributed by atoms with Gasteiger partial charge >= 0.3 is 6.09 Å². The highest BCUT2D eigenvalue weighted by atomic mass is 127. The molecule has 0 bridgehead atoms. The molecular formula is C11H14INO3. The van der Waals surface area contributed by atoms with Crippen molar-refractivity contribution in [2.45, 2.75) is 12.5 Å². The fourth-order valence-electron chi connectivity index (χ4n) is 1.37. The molecule has 1 aromatic rings. The van der Waals surface area contributed by atoms with E-state index in [2.05, 4.69) is 22.6 Å². The summed E-state index contributed by atoms with van der Waals surface area (Å²) in [7, 11) is 1.61. The lowest BCUT2D eigenvalue weighted by Gasteiger charge is -2.16. The summed E-state index contributed by atoms with van der Waals surface area (Å²) < 4.78 is 11.1. The topological polar surface area (TPSA) is 61.6 Å². The number of hydrogen-bond acceptors (Lipinski definition) is 3. The number of benzene rings is 1. The van der Waals surface area contributed by atoms with Gasteiger partial charge in [-0.2, -0.15) is 0 Å². The van der Waals surface area contributed by atoms with E-state index in [1.54, 1.807) is 7.11 Å². The number of carbonyl (C=O) groups is 1. The summed E-state index contributed by atoms with van der Waals surface area (Å²) in [5, 5.41) is 0. The maximum absolute atomic E-state index is 10.8. The van der Waals surface area contributed by atoms with Gasteiger partial charge in [0, 0.05) is 17.1 Å². The second-order valence-electron chi connectivity index (χ2n) is 3.26. The third kappa shape index (κ3) is 4.36. The molecule has 1 rings (SSSR count). The Hall–Kier alpha value is -0.820. The monoisotopic (exact) mass is 335 g/mol. The quantitative estimate of drug-likeness (QED) is 0.841. The molecule has 16 heavy (non-hydrogen) atoms. The Balaban J connectivity index is 2.78. The van der Waals surface area contributed by atoms with Gasteiger partial charge in [0.2, 0.25) is 0 Å². The third-order valence-electron chi connectivity index (χ3n) is 2.06. The average molecular weight is 335 g/mol. The number of rotatable bonds is 5. The van der Waals surface area contributed by atoms with Crippen LogP contribution in [-0.2, 0) is 9.47 Å². The fraction of sp³-hybridized carbons (Fsp3) is 0.364. The number of amides is 1. The van der Waals surface area contributed by atoms with Crippen molar-refractivity contribution in [3.63, 3.8) is 0 Å². The van der Waals surface area contributed by atoms with E-state index < -0.39 is 6.09 Å². The van der Waals surface area contributed by atoms with Crippen LogP contribution in [0.2, 0.25) is 0 Å². The zero-order chi connectivity index (χ0) is 12.0. The predicted octanol–water partition coefficient (Wildman–Crippen LogP) is 2.46. The van der Waals surface area contributed by atoms with Gasteiger partial charge in [-0.3, -0.25) is 0 Å². The molecule has 0 aromatic heterocycles. The van der Waals surface area contributed by atoms with Crippen LogP contribution in [0.15, 0.2) is 24.3 Å². The third-order valence-corrected chi connectivity index (χ3v) is 2.73. The van der Waals surface area contributed by atoms with Crippen molar-refractivity contribution in [2.75, 3.05) is 13.7 Å². The molecule has 0 spiro atoms. The first-order chi connectivity index (χ1) is 7.63. The molecule has 5 heteroatoms. The molecule has 0 aliphatic carbocycles. The number of methoxy groups -OCH3 is 1. The first-order valence-corrected chi connectivity index (χ1v) is 5.92. The number of nitrogens with two attached hydrogens (primary N) is 1. The van der Waals surface area contributed by atoms with Gasteiger partial charge in [0.1, 0.15) is 6.10 Å². The fourth-order valence-corrected chi connectivity index (χ4v) is 1.93. The molecule has 0 saturated carbocycles. The van der Waals surface area contributed by atoms with Gasteiger partial charge < -0.3 is 15.2 Å². The van der Waals surface area contributed by atoms with Gasteiger partial charge in [-0.05, 0) is 40.3 Å². The van der Waals surface area contributed by atoms with Crippen LogP contribution in [0.25, 0.3) is 0 Å². The van der Waals surface area contributed by atoms with Gasteiger partial charge in [0.15, 0.2) is 0 Å². The van der Waals surface area contributed by atoms with E-state index in [0.29, 0.717) is 13.0 Å². The van der Waals surface area contributed by atoms with Gasteiger partial charge in [0.25, 0.3) is 0 Å². The Labute approximate surface area is 108 Å². The molecule has 2 N–H and O–H groups in total. The highest BCUT2D eigenvalue weighted by Gasteiger charge is 2.15. The zero-order valence-electron chi connectivity index (χ0n) is 8.98. The molecule has 0 unspecified atom stereocenters. The van der Waals surface area contributed by atoms with Gasteiger partial charge in [-0.15, -0.1) is 0 Å². The number of halogens is 1. The van der Waals surface area contributed by atoms with E-state index in [-0.39, 0.29) is 6.10 Å². The standard InChI is InChI=1S/C11H14INO3/c1-15-6-5-10(16-11(13)14)8-3-2-4-9(12)7-8/h2-4,7,10H,5-6H2,1H3,(H2,13,14)/t10-/m1/s1. The number of carbonyl (C=O) groups excluding carboxylic acids is 1. The van der Waals surface area contributed by atoms with Crippen molar-refractivity contribution in [3.05, 3.63) is 33.4 Å². The van der Waals surface area contributed by atoms with Crippen molar-refractivity contribution in [2.24, 2.45) is 5.73 Å². The minimum absolute atomic E-state index is 0.341. The summed E-state index contributed by atoms with van der Waals surface area (Å²) in [6, 6.07) is 7.76. The second-order valence-corrected chi connectivity index (χ2v) is 4.51. The molecule has 0 saturated heterocycles. The molecule has 88 valence electrons. The van der Waals surface area contributed by atoms with Gasteiger partial charge in [0.05, 0.1) is 6.61 Å². The zero-order valence-corrected chi connectivity index (χ0v) is 11.1. The lowest BCUT2D eigenvalue weighted by atomic mass is 10.1. The van der Waals surface area contributed by atoms with Crippen molar-refractivity contribution in [1.29, 1.82) is 0 Å². The van der Waals surface area contributed by atoms with Crippen molar-refractivity contribution in [3.8, 4) is 0 Å². The van der Waals surface area contributed by atoms with E-state index in [1.165, 1.54) is 0 Å². The van der Waals surface area contributed by atoms with E-state index >= 15 is 0 Å². The Kier molecular flexibility index (Phi) is 5.54. The molecule has 1 aromatic carbocycles. The van der Waals surface area contributed by atoms with Crippen LogP contribution in [0.1, 0.15) is 18.1 Å². The summed E-state index contributed by atoms with van der Waals surface area (Å²) >= 11 is 2.21. The lowest BCUT2D eigenvalue weighted by Crippen LogP contribution is -2.18. The summed E-state index contributed by atoms with van der Waals surface area (Å²) in [6.45, 7) is 0.517. The van der Waals surface area contributed by atoms with E-state index in [9.17, 15) is 4.79 Å². The Morgan fingerprint density at radius 2 is 2.31 bits per heavy atom. The molecule has 0 fully saturated rings. The van der Waals surface area contributed by atoms with Crippen LogP contribution in [0.4, 0.5) is 4.79 Å². The van der Waals surface area contributed by atoms with Crippen LogP contribution < -0.4 is 5.73 Å². The highest BCUT2D eigenvalue weighted by Crippen LogP contribution is 2.22. The second kappa shape index (κ2) is 6.70. The maximum atomic E-state index is 10.8. The Bertz CT molecular complexity index is 357. The molecule has 0 aliphatic rings.